The van der Waals surface area contributed by atoms with Crippen LogP contribution in [-0.2, 0) is 0 Å². The van der Waals surface area contributed by atoms with Crippen LogP contribution in [0.5, 0.6) is 11.5 Å². The van der Waals surface area contributed by atoms with Crippen molar-refractivity contribution >= 4 is 11.5 Å². The first kappa shape index (κ1) is 10.4. The molecule has 16 heavy (non-hydrogen) atoms. The molecule has 1 aromatic heterocycles. The second kappa shape index (κ2) is 4.57. The van der Waals surface area contributed by atoms with Crippen LogP contribution in [0.1, 0.15) is 0 Å². The van der Waals surface area contributed by atoms with Gasteiger partial charge in [-0.2, -0.15) is 0 Å². The van der Waals surface area contributed by atoms with Crippen LogP contribution in [0.15, 0.2) is 35.1 Å². The molecule has 1 aromatic carbocycles. The van der Waals surface area contributed by atoms with Crippen LogP contribution in [0.4, 0.5) is 11.5 Å². The zero-order valence-electron chi connectivity index (χ0n) is 9.06. The van der Waals surface area contributed by atoms with Crippen LogP contribution >= 0.6 is 0 Å². The minimum atomic E-state index is 0.635. The largest absolute Gasteiger partial charge is 0.497 e. The number of rotatable bonds is 4. The van der Waals surface area contributed by atoms with Gasteiger partial charge in [-0.1, -0.05) is 5.16 Å². The van der Waals surface area contributed by atoms with Crippen LogP contribution in [-0.4, -0.2) is 19.4 Å². The molecule has 0 aliphatic carbocycles. The van der Waals surface area contributed by atoms with E-state index in [4.69, 9.17) is 14.0 Å². The highest BCUT2D eigenvalue weighted by atomic mass is 16.5. The van der Waals surface area contributed by atoms with Crippen molar-refractivity contribution in [2.24, 2.45) is 0 Å². The Hall–Kier alpha value is -2.17. The lowest BCUT2D eigenvalue weighted by Gasteiger charge is -2.08. The van der Waals surface area contributed by atoms with Crippen molar-refractivity contribution in [3.05, 3.63) is 30.5 Å². The molecule has 0 aliphatic heterocycles. The van der Waals surface area contributed by atoms with Gasteiger partial charge < -0.3 is 19.3 Å². The highest BCUT2D eigenvalue weighted by Crippen LogP contribution is 2.27. The maximum absolute atomic E-state index is 5.15. The third-order valence-corrected chi connectivity index (χ3v) is 2.06. The van der Waals surface area contributed by atoms with Gasteiger partial charge in [0.25, 0.3) is 0 Å². The van der Waals surface area contributed by atoms with Gasteiger partial charge in [0, 0.05) is 30.0 Å². The zero-order chi connectivity index (χ0) is 11.4. The molecule has 0 saturated heterocycles. The number of aromatic nitrogens is 1. The number of methoxy groups -OCH3 is 2. The van der Waals surface area contributed by atoms with Gasteiger partial charge in [-0.3, -0.25) is 0 Å². The summed E-state index contributed by atoms with van der Waals surface area (Å²) in [5, 5.41) is 6.82. The van der Waals surface area contributed by atoms with E-state index in [9.17, 15) is 0 Å². The summed E-state index contributed by atoms with van der Waals surface area (Å²) in [5.74, 6) is 2.06. The number of anilines is 2. The minimum Gasteiger partial charge on any atom is -0.497 e. The normalized spacial score (nSPS) is 9.88. The van der Waals surface area contributed by atoms with Crippen molar-refractivity contribution in [3.8, 4) is 11.5 Å². The first-order valence-corrected chi connectivity index (χ1v) is 4.72. The smallest absolute Gasteiger partial charge is 0.173 e. The Bertz CT molecular complexity index is 432. The molecular formula is C11H12N2O3. The summed E-state index contributed by atoms with van der Waals surface area (Å²) in [4.78, 5) is 0. The number of hydrogen-bond donors (Lipinski definition) is 1. The molecule has 0 bridgehead atoms. The number of hydrogen-bond acceptors (Lipinski definition) is 5. The number of nitrogens with zero attached hydrogens (tertiary/aromatic N) is 1. The van der Waals surface area contributed by atoms with E-state index in [1.165, 1.54) is 6.26 Å². The molecule has 0 aliphatic rings. The van der Waals surface area contributed by atoms with Crippen LogP contribution in [0.3, 0.4) is 0 Å². The lowest BCUT2D eigenvalue weighted by Crippen LogP contribution is -1.93. The molecule has 0 atom stereocenters. The Morgan fingerprint density at radius 3 is 2.31 bits per heavy atom. The molecule has 5 nitrogen and oxygen atoms in total. The summed E-state index contributed by atoms with van der Waals surface area (Å²) < 4.78 is 15.0. The van der Waals surface area contributed by atoms with Crippen LogP contribution in [0, 0.1) is 0 Å². The summed E-state index contributed by atoms with van der Waals surface area (Å²) >= 11 is 0. The standard InChI is InChI=1S/C11H12N2O3/c1-14-9-5-8(6-10(7-9)15-2)12-11-3-4-16-13-11/h3-7H,1-2H3,(H,12,13). The minimum absolute atomic E-state index is 0.635. The van der Waals surface area contributed by atoms with Gasteiger partial charge in [-0.15, -0.1) is 0 Å². The Kier molecular flexibility index (Phi) is 2.95. The summed E-state index contributed by atoms with van der Waals surface area (Å²) in [5.41, 5.74) is 0.824. The van der Waals surface area contributed by atoms with Gasteiger partial charge in [-0.25, -0.2) is 0 Å². The molecule has 84 valence electrons. The molecule has 0 radical (unpaired) electrons. The quantitative estimate of drug-likeness (QED) is 0.857. The first-order chi connectivity index (χ1) is 7.81. The Labute approximate surface area is 93.0 Å². The van der Waals surface area contributed by atoms with E-state index in [0.717, 1.165) is 5.69 Å². The van der Waals surface area contributed by atoms with Crippen molar-refractivity contribution in [2.75, 3.05) is 19.5 Å². The van der Waals surface area contributed by atoms with E-state index in [1.54, 1.807) is 26.4 Å². The first-order valence-electron chi connectivity index (χ1n) is 4.72. The highest BCUT2D eigenvalue weighted by molar-refractivity contribution is 5.60. The van der Waals surface area contributed by atoms with Crippen molar-refractivity contribution in [2.45, 2.75) is 0 Å². The van der Waals surface area contributed by atoms with Gasteiger partial charge in [-0.05, 0) is 0 Å². The molecule has 1 N–H and O–H groups in total. The third kappa shape index (κ3) is 2.25. The fourth-order valence-corrected chi connectivity index (χ4v) is 1.30. The molecule has 0 unspecified atom stereocenters. The predicted molar refractivity (Wildman–Crippen MR) is 59.3 cm³/mol. The molecule has 0 fully saturated rings. The number of benzene rings is 1. The second-order valence-corrected chi connectivity index (χ2v) is 3.11. The lowest BCUT2D eigenvalue weighted by atomic mass is 10.2. The number of ether oxygens (including phenoxy) is 2. The topological polar surface area (TPSA) is 56.5 Å². The van der Waals surface area contributed by atoms with Crippen LogP contribution in [0.2, 0.25) is 0 Å². The molecule has 2 aromatic rings. The van der Waals surface area contributed by atoms with E-state index in [1.807, 2.05) is 12.1 Å². The molecule has 2 rings (SSSR count). The highest BCUT2D eigenvalue weighted by Gasteiger charge is 2.03. The molecule has 1 heterocycles. The summed E-state index contributed by atoms with van der Waals surface area (Å²) in [6, 6.07) is 7.22. The fourth-order valence-electron chi connectivity index (χ4n) is 1.30. The van der Waals surface area contributed by atoms with Crippen LogP contribution < -0.4 is 14.8 Å². The summed E-state index contributed by atoms with van der Waals surface area (Å²) in [7, 11) is 3.21. The van der Waals surface area contributed by atoms with Crippen molar-refractivity contribution in [1.82, 2.24) is 5.16 Å². The van der Waals surface area contributed by atoms with E-state index >= 15 is 0 Å². The summed E-state index contributed by atoms with van der Waals surface area (Å²) in [6.07, 6.45) is 1.50. The maximum Gasteiger partial charge on any atom is 0.173 e. The molecule has 0 amide bonds. The van der Waals surface area contributed by atoms with Crippen LogP contribution in [0.25, 0.3) is 0 Å². The summed E-state index contributed by atoms with van der Waals surface area (Å²) in [6.45, 7) is 0. The average Bonchev–Trinajstić information content (AvgIpc) is 2.81. The van der Waals surface area contributed by atoms with Crippen molar-refractivity contribution in [1.29, 1.82) is 0 Å². The fraction of sp³-hybridized carbons (Fsp3) is 0.182. The van der Waals surface area contributed by atoms with Crippen molar-refractivity contribution in [3.63, 3.8) is 0 Å². The van der Waals surface area contributed by atoms with E-state index < -0.39 is 0 Å². The van der Waals surface area contributed by atoms with Crippen molar-refractivity contribution < 1.29 is 14.0 Å². The van der Waals surface area contributed by atoms with E-state index in [-0.39, 0.29) is 0 Å². The van der Waals surface area contributed by atoms with Gasteiger partial charge in [0.2, 0.25) is 0 Å². The SMILES string of the molecule is COc1cc(Nc2ccon2)cc(OC)c1. The molecule has 0 spiro atoms. The zero-order valence-corrected chi connectivity index (χ0v) is 9.06. The maximum atomic E-state index is 5.15. The van der Waals surface area contributed by atoms with Gasteiger partial charge in [0.05, 0.1) is 14.2 Å². The van der Waals surface area contributed by atoms with Gasteiger partial charge >= 0.3 is 0 Å². The van der Waals surface area contributed by atoms with E-state index in [0.29, 0.717) is 17.3 Å². The average molecular weight is 220 g/mol. The van der Waals surface area contributed by atoms with E-state index in [2.05, 4.69) is 10.5 Å². The third-order valence-electron chi connectivity index (χ3n) is 2.06. The molecular weight excluding hydrogens is 208 g/mol. The Morgan fingerprint density at radius 2 is 1.81 bits per heavy atom. The predicted octanol–water partition coefficient (Wildman–Crippen LogP) is 2.44. The second-order valence-electron chi connectivity index (χ2n) is 3.11. The monoisotopic (exact) mass is 220 g/mol. The molecule has 5 heteroatoms. The number of nitrogens with one attached hydrogen (secondary N) is 1. The van der Waals surface area contributed by atoms with Gasteiger partial charge in [0.1, 0.15) is 17.8 Å². The Balaban J connectivity index is 2.26. The molecule has 0 saturated carbocycles. The van der Waals surface area contributed by atoms with Gasteiger partial charge in [0.15, 0.2) is 5.82 Å². The lowest BCUT2D eigenvalue weighted by molar-refractivity contribution is 0.394. The Morgan fingerprint density at radius 1 is 1.12 bits per heavy atom.